The highest BCUT2D eigenvalue weighted by Gasteiger charge is 2.33. The maximum absolute atomic E-state index is 12.7. The van der Waals surface area contributed by atoms with Gasteiger partial charge in [-0.3, -0.25) is 14.3 Å². The molecule has 2 aromatic rings. The molecular weight excluding hydrogens is 354 g/mol. The molecule has 1 atom stereocenters. The van der Waals surface area contributed by atoms with Gasteiger partial charge in [-0.15, -0.1) is 0 Å². The first-order chi connectivity index (χ1) is 12.5. The highest BCUT2D eigenvalue weighted by atomic mass is 32.1. The number of aromatic amines is 1. The summed E-state index contributed by atoms with van der Waals surface area (Å²) in [7, 11) is 3.17. The Morgan fingerprint density at radius 2 is 1.92 bits per heavy atom. The van der Waals surface area contributed by atoms with Gasteiger partial charge in [-0.2, -0.15) is 0 Å². The van der Waals surface area contributed by atoms with Crippen LogP contribution >= 0.6 is 12.2 Å². The van der Waals surface area contributed by atoms with Gasteiger partial charge < -0.3 is 19.9 Å². The van der Waals surface area contributed by atoms with Gasteiger partial charge in [0.2, 0.25) is 5.88 Å². The Balaban J connectivity index is 1.90. The first kappa shape index (κ1) is 17.1. The van der Waals surface area contributed by atoms with Gasteiger partial charge in [-0.1, -0.05) is 0 Å². The fourth-order valence-electron chi connectivity index (χ4n) is 3.62. The summed E-state index contributed by atoms with van der Waals surface area (Å²) in [6.07, 6.45) is 2.70. The van der Waals surface area contributed by atoms with Gasteiger partial charge in [0.15, 0.2) is 16.3 Å². The zero-order chi connectivity index (χ0) is 18.4. The zero-order valence-electron chi connectivity index (χ0n) is 14.7. The van der Waals surface area contributed by atoms with Gasteiger partial charge in [-0.05, 0) is 54.7 Å². The van der Waals surface area contributed by atoms with E-state index in [0.717, 1.165) is 30.4 Å². The van der Waals surface area contributed by atoms with Crippen molar-refractivity contribution in [3.8, 4) is 17.4 Å². The number of benzene rings is 1. The summed E-state index contributed by atoms with van der Waals surface area (Å²) >= 11 is 5.24. The number of aromatic nitrogens is 2. The van der Waals surface area contributed by atoms with E-state index < -0.39 is 6.04 Å². The number of H-pyrrole nitrogens is 1. The monoisotopic (exact) mass is 375 g/mol. The van der Waals surface area contributed by atoms with Crippen molar-refractivity contribution in [3.05, 3.63) is 43.9 Å². The Bertz CT molecular complexity index is 978. The standard InChI is InChI=1S/C18H21N3O4S/c1-24-12-7-9-5-6-19-15(11(9)8-13(12)25-2)14-16(22)20-18(26)21(17(14)23)10-3-4-10/h7-8,10,15,19,23H,3-6H2,1-2H3,(H,20,22,26). The summed E-state index contributed by atoms with van der Waals surface area (Å²) in [6.45, 7) is 0.686. The minimum atomic E-state index is -0.442. The van der Waals surface area contributed by atoms with Crippen LogP contribution in [0.25, 0.3) is 0 Å². The lowest BCUT2D eigenvalue weighted by Crippen LogP contribution is -2.35. The topological polar surface area (TPSA) is 88.5 Å². The zero-order valence-corrected chi connectivity index (χ0v) is 15.5. The lowest BCUT2D eigenvalue weighted by molar-refractivity contribution is 0.352. The number of rotatable bonds is 4. The van der Waals surface area contributed by atoms with Crippen LogP contribution in [0.3, 0.4) is 0 Å². The lowest BCUT2D eigenvalue weighted by Gasteiger charge is -2.29. The number of ether oxygens (including phenoxy) is 2. The van der Waals surface area contributed by atoms with Crippen LogP contribution in [0.15, 0.2) is 16.9 Å². The summed E-state index contributed by atoms with van der Waals surface area (Å²) in [5, 5.41) is 14.2. The minimum absolute atomic E-state index is 0.0543. The first-order valence-electron chi connectivity index (χ1n) is 8.61. The maximum atomic E-state index is 12.7. The number of fused-ring (bicyclic) bond motifs is 1. The van der Waals surface area contributed by atoms with Gasteiger partial charge >= 0.3 is 0 Å². The molecule has 0 radical (unpaired) electrons. The van der Waals surface area contributed by atoms with Gasteiger partial charge in [0.1, 0.15) is 0 Å². The van der Waals surface area contributed by atoms with Gasteiger partial charge in [0.25, 0.3) is 5.56 Å². The molecule has 1 aromatic heterocycles. The fourth-order valence-corrected chi connectivity index (χ4v) is 3.95. The smallest absolute Gasteiger partial charge is 0.260 e. The van der Waals surface area contributed by atoms with Crippen molar-refractivity contribution in [1.82, 2.24) is 14.9 Å². The molecule has 1 fully saturated rings. The van der Waals surface area contributed by atoms with Crippen molar-refractivity contribution in [2.45, 2.75) is 31.3 Å². The molecule has 2 heterocycles. The molecule has 1 aliphatic carbocycles. The molecule has 0 spiro atoms. The number of methoxy groups -OCH3 is 2. The summed E-state index contributed by atoms with van der Waals surface area (Å²) < 4.78 is 12.7. The summed E-state index contributed by atoms with van der Waals surface area (Å²) in [4.78, 5) is 15.4. The Hall–Kier alpha value is -2.32. The van der Waals surface area contributed by atoms with E-state index in [4.69, 9.17) is 21.7 Å². The van der Waals surface area contributed by atoms with E-state index in [1.54, 1.807) is 18.8 Å². The quantitative estimate of drug-likeness (QED) is 0.710. The van der Waals surface area contributed by atoms with Crippen molar-refractivity contribution in [3.63, 3.8) is 0 Å². The summed E-state index contributed by atoms with van der Waals surface area (Å²) in [5.41, 5.74) is 1.88. The Kier molecular flexibility index (Phi) is 4.24. The largest absolute Gasteiger partial charge is 0.494 e. The van der Waals surface area contributed by atoms with Crippen molar-refractivity contribution in [2.24, 2.45) is 0 Å². The summed E-state index contributed by atoms with van der Waals surface area (Å²) in [6, 6.07) is 3.52. The molecule has 8 heteroatoms. The minimum Gasteiger partial charge on any atom is -0.494 e. The number of aromatic hydroxyl groups is 1. The third-order valence-corrected chi connectivity index (χ3v) is 5.35. The van der Waals surface area contributed by atoms with Crippen LogP contribution < -0.4 is 20.3 Å². The number of nitrogens with zero attached hydrogens (tertiary/aromatic N) is 1. The van der Waals surface area contributed by atoms with Gasteiger partial charge in [0, 0.05) is 12.6 Å². The van der Waals surface area contributed by atoms with E-state index >= 15 is 0 Å². The Labute approximate surface area is 155 Å². The maximum Gasteiger partial charge on any atom is 0.260 e. The predicted molar refractivity (Wildman–Crippen MR) is 98.9 cm³/mol. The van der Waals surface area contributed by atoms with Crippen LogP contribution in [0.2, 0.25) is 0 Å². The van der Waals surface area contributed by atoms with E-state index in [-0.39, 0.29) is 22.3 Å². The average Bonchev–Trinajstić information content (AvgIpc) is 3.45. The van der Waals surface area contributed by atoms with E-state index in [9.17, 15) is 9.90 Å². The van der Waals surface area contributed by atoms with Crippen LogP contribution in [0.5, 0.6) is 17.4 Å². The molecule has 1 aromatic carbocycles. The van der Waals surface area contributed by atoms with E-state index in [2.05, 4.69) is 10.3 Å². The number of hydrogen-bond acceptors (Lipinski definition) is 6. The molecule has 1 saturated carbocycles. The first-order valence-corrected chi connectivity index (χ1v) is 9.01. The SMILES string of the molecule is COc1cc2c(cc1OC)C(c1c(O)n(C3CC3)c(=S)[nH]c1=O)NCC2. The van der Waals surface area contributed by atoms with Crippen LogP contribution in [0.4, 0.5) is 0 Å². The third kappa shape index (κ3) is 2.69. The molecule has 0 amide bonds. The van der Waals surface area contributed by atoms with Crippen LogP contribution in [-0.2, 0) is 6.42 Å². The molecule has 2 aliphatic rings. The van der Waals surface area contributed by atoms with Gasteiger partial charge in [-0.25, -0.2) is 0 Å². The second-order valence-electron chi connectivity index (χ2n) is 6.64. The number of hydrogen-bond donors (Lipinski definition) is 3. The molecule has 4 rings (SSSR count). The number of nitrogens with one attached hydrogen (secondary N) is 2. The van der Waals surface area contributed by atoms with E-state index in [0.29, 0.717) is 23.6 Å². The molecule has 7 nitrogen and oxygen atoms in total. The van der Waals surface area contributed by atoms with Crippen LogP contribution in [0, 0.1) is 4.77 Å². The third-order valence-electron chi connectivity index (χ3n) is 5.05. The molecule has 3 N–H and O–H groups in total. The molecule has 0 saturated heterocycles. The molecule has 1 aliphatic heterocycles. The molecule has 0 bridgehead atoms. The van der Waals surface area contributed by atoms with Crippen LogP contribution in [0.1, 0.15) is 41.6 Å². The highest BCUT2D eigenvalue weighted by Crippen LogP contribution is 2.42. The molecule has 138 valence electrons. The van der Waals surface area contributed by atoms with Gasteiger partial charge in [0.05, 0.1) is 25.8 Å². The second kappa shape index (κ2) is 6.44. The highest BCUT2D eigenvalue weighted by molar-refractivity contribution is 7.71. The molecular formula is C18H21N3O4S. The van der Waals surface area contributed by atoms with Crippen molar-refractivity contribution in [1.29, 1.82) is 0 Å². The predicted octanol–water partition coefficient (Wildman–Crippen LogP) is 2.20. The van der Waals surface area contributed by atoms with E-state index in [1.807, 2.05) is 12.1 Å². The molecule has 1 unspecified atom stereocenters. The van der Waals surface area contributed by atoms with Crippen molar-refractivity contribution >= 4 is 12.2 Å². The van der Waals surface area contributed by atoms with Crippen molar-refractivity contribution in [2.75, 3.05) is 20.8 Å². The normalized spacial score (nSPS) is 19.1. The lowest BCUT2D eigenvalue weighted by atomic mass is 9.90. The fraction of sp³-hybridized carbons (Fsp3) is 0.444. The Morgan fingerprint density at radius 3 is 2.58 bits per heavy atom. The van der Waals surface area contributed by atoms with Crippen LogP contribution in [-0.4, -0.2) is 35.4 Å². The van der Waals surface area contributed by atoms with E-state index in [1.165, 1.54) is 0 Å². The Morgan fingerprint density at radius 1 is 1.23 bits per heavy atom. The average molecular weight is 375 g/mol. The second-order valence-corrected chi connectivity index (χ2v) is 7.03. The summed E-state index contributed by atoms with van der Waals surface area (Å²) in [5.74, 6) is 1.19. The van der Waals surface area contributed by atoms with Crippen molar-refractivity contribution < 1.29 is 14.6 Å². The molecule has 26 heavy (non-hydrogen) atoms.